The van der Waals surface area contributed by atoms with Crippen LogP contribution < -0.4 is 10.2 Å². The van der Waals surface area contributed by atoms with E-state index in [0.717, 1.165) is 28.2 Å². The van der Waals surface area contributed by atoms with E-state index in [2.05, 4.69) is 15.5 Å². The molecule has 1 aromatic rings. The summed E-state index contributed by atoms with van der Waals surface area (Å²) in [4.78, 5) is 1.93. The van der Waals surface area contributed by atoms with Crippen molar-refractivity contribution in [2.75, 3.05) is 42.8 Å². The standard InChI is InChI=1S/C10H18N4O2S3/c1-14(2)9-12-13-10(18-9)17-5-4-11-8-3-6-19(15,16)7-8/h8,11H,3-7H2,1-2H3. The summed E-state index contributed by atoms with van der Waals surface area (Å²) in [5.74, 6) is 1.47. The molecular formula is C10H18N4O2S3. The first-order valence-corrected chi connectivity index (χ1v) is 9.66. The highest BCUT2D eigenvalue weighted by molar-refractivity contribution is 8.01. The molecule has 0 aliphatic carbocycles. The summed E-state index contributed by atoms with van der Waals surface area (Å²) in [5, 5.41) is 12.3. The maximum atomic E-state index is 11.3. The van der Waals surface area contributed by atoms with Crippen molar-refractivity contribution in [3.63, 3.8) is 0 Å². The summed E-state index contributed by atoms with van der Waals surface area (Å²) in [7, 11) is 1.10. The fourth-order valence-electron chi connectivity index (χ4n) is 1.80. The predicted octanol–water partition coefficient (Wildman–Crippen LogP) is 0.473. The van der Waals surface area contributed by atoms with Crippen LogP contribution in [-0.4, -0.2) is 62.6 Å². The first kappa shape index (κ1) is 15.0. The van der Waals surface area contributed by atoms with E-state index >= 15 is 0 Å². The van der Waals surface area contributed by atoms with E-state index in [1.54, 1.807) is 23.1 Å². The quantitative estimate of drug-likeness (QED) is 0.603. The van der Waals surface area contributed by atoms with Crippen LogP contribution in [0.5, 0.6) is 0 Å². The monoisotopic (exact) mass is 322 g/mol. The molecule has 1 unspecified atom stereocenters. The smallest absolute Gasteiger partial charge is 0.208 e. The third-order valence-corrected chi connectivity index (χ3v) is 6.77. The summed E-state index contributed by atoms with van der Waals surface area (Å²) >= 11 is 3.21. The van der Waals surface area contributed by atoms with Crippen molar-refractivity contribution in [1.29, 1.82) is 0 Å². The van der Waals surface area contributed by atoms with Gasteiger partial charge in [0.2, 0.25) is 5.13 Å². The molecule has 108 valence electrons. The molecule has 1 atom stereocenters. The fourth-order valence-corrected chi connectivity index (χ4v) is 5.21. The average molecular weight is 322 g/mol. The minimum atomic E-state index is -2.79. The van der Waals surface area contributed by atoms with E-state index in [9.17, 15) is 8.42 Å². The number of hydrogen-bond acceptors (Lipinski definition) is 8. The second-order valence-electron chi connectivity index (χ2n) is 4.65. The average Bonchev–Trinajstić information content (AvgIpc) is 2.91. The van der Waals surface area contributed by atoms with Gasteiger partial charge in [-0.1, -0.05) is 23.1 Å². The van der Waals surface area contributed by atoms with Gasteiger partial charge in [0.05, 0.1) is 11.5 Å². The zero-order chi connectivity index (χ0) is 13.9. The van der Waals surface area contributed by atoms with E-state index in [1.807, 2.05) is 19.0 Å². The SMILES string of the molecule is CN(C)c1nnc(SCCNC2CCS(=O)(=O)C2)s1. The minimum Gasteiger partial charge on any atom is -0.353 e. The van der Waals surface area contributed by atoms with Gasteiger partial charge in [0.15, 0.2) is 14.2 Å². The lowest BCUT2D eigenvalue weighted by Crippen LogP contribution is -2.31. The van der Waals surface area contributed by atoms with Gasteiger partial charge in [-0.2, -0.15) is 0 Å². The third kappa shape index (κ3) is 4.59. The van der Waals surface area contributed by atoms with Crippen LogP contribution in [0.2, 0.25) is 0 Å². The number of aromatic nitrogens is 2. The van der Waals surface area contributed by atoms with Gasteiger partial charge >= 0.3 is 0 Å². The molecule has 0 aromatic carbocycles. The topological polar surface area (TPSA) is 75.2 Å². The summed E-state index contributed by atoms with van der Waals surface area (Å²) in [6, 6.07) is 0.123. The van der Waals surface area contributed by atoms with Crippen LogP contribution in [0.15, 0.2) is 4.34 Å². The Hall–Kier alpha value is -0.380. The zero-order valence-corrected chi connectivity index (χ0v) is 13.4. The molecular weight excluding hydrogens is 304 g/mol. The summed E-state index contributed by atoms with van der Waals surface area (Å²) in [6.07, 6.45) is 0.733. The molecule has 1 fully saturated rings. The van der Waals surface area contributed by atoms with Crippen molar-refractivity contribution < 1.29 is 8.42 Å². The maximum Gasteiger partial charge on any atom is 0.208 e. The molecule has 0 bridgehead atoms. The number of thioether (sulfide) groups is 1. The zero-order valence-electron chi connectivity index (χ0n) is 11.0. The van der Waals surface area contributed by atoms with Crippen molar-refractivity contribution in [2.45, 2.75) is 16.8 Å². The lowest BCUT2D eigenvalue weighted by atomic mass is 10.3. The number of anilines is 1. The highest BCUT2D eigenvalue weighted by atomic mass is 32.2. The van der Waals surface area contributed by atoms with Crippen LogP contribution in [0.1, 0.15) is 6.42 Å². The van der Waals surface area contributed by atoms with Gasteiger partial charge < -0.3 is 10.2 Å². The van der Waals surface area contributed by atoms with Gasteiger partial charge in [0.25, 0.3) is 0 Å². The third-order valence-electron chi connectivity index (χ3n) is 2.77. The Labute approximate surface area is 121 Å². The van der Waals surface area contributed by atoms with Crippen LogP contribution in [0.3, 0.4) is 0 Å². The van der Waals surface area contributed by atoms with Crippen LogP contribution >= 0.6 is 23.1 Å². The first-order chi connectivity index (χ1) is 8.96. The van der Waals surface area contributed by atoms with Crippen molar-refractivity contribution in [1.82, 2.24) is 15.5 Å². The highest BCUT2D eigenvalue weighted by Crippen LogP contribution is 2.26. The van der Waals surface area contributed by atoms with Crippen molar-refractivity contribution in [2.24, 2.45) is 0 Å². The molecule has 9 heteroatoms. The van der Waals surface area contributed by atoms with Crippen LogP contribution in [0.4, 0.5) is 5.13 Å². The number of rotatable bonds is 6. The Morgan fingerprint density at radius 1 is 1.47 bits per heavy atom. The van der Waals surface area contributed by atoms with Gasteiger partial charge in [-0.25, -0.2) is 8.42 Å². The molecule has 19 heavy (non-hydrogen) atoms. The molecule has 0 spiro atoms. The highest BCUT2D eigenvalue weighted by Gasteiger charge is 2.26. The largest absolute Gasteiger partial charge is 0.353 e. The molecule has 1 aliphatic heterocycles. The van der Waals surface area contributed by atoms with Gasteiger partial charge in [-0.15, -0.1) is 10.2 Å². The molecule has 0 amide bonds. The molecule has 1 N–H and O–H groups in total. The molecule has 1 aromatic heterocycles. The lowest BCUT2D eigenvalue weighted by Gasteiger charge is -2.09. The van der Waals surface area contributed by atoms with Crippen molar-refractivity contribution in [3.8, 4) is 0 Å². The lowest BCUT2D eigenvalue weighted by molar-refractivity contribution is 0.575. The normalized spacial score (nSPS) is 21.7. The second-order valence-corrected chi connectivity index (χ2v) is 9.17. The van der Waals surface area contributed by atoms with E-state index < -0.39 is 9.84 Å². The Morgan fingerprint density at radius 2 is 2.26 bits per heavy atom. The number of hydrogen-bond donors (Lipinski definition) is 1. The van der Waals surface area contributed by atoms with Gasteiger partial charge in [0.1, 0.15) is 0 Å². The van der Waals surface area contributed by atoms with Crippen molar-refractivity contribution >= 4 is 38.1 Å². The van der Waals surface area contributed by atoms with E-state index in [4.69, 9.17) is 0 Å². The number of nitrogens with one attached hydrogen (secondary N) is 1. The van der Waals surface area contributed by atoms with Crippen LogP contribution in [-0.2, 0) is 9.84 Å². The van der Waals surface area contributed by atoms with E-state index in [0.29, 0.717) is 5.75 Å². The molecule has 2 heterocycles. The van der Waals surface area contributed by atoms with Crippen LogP contribution in [0.25, 0.3) is 0 Å². The van der Waals surface area contributed by atoms with Gasteiger partial charge in [-0.05, 0) is 6.42 Å². The summed E-state index contributed by atoms with van der Waals surface area (Å²) in [6.45, 7) is 0.793. The van der Waals surface area contributed by atoms with Gasteiger partial charge in [0, 0.05) is 32.4 Å². The Morgan fingerprint density at radius 3 is 2.84 bits per heavy atom. The Balaban J connectivity index is 1.67. The van der Waals surface area contributed by atoms with Crippen molar-refractivity contribution in [3.05, 3.63) is 0 Å². The molecule has 6 nitrogen and oxygen atoms in total. The summed E-state index contributed by atoms with van der Waals surface area (Å²) < 4.78 is 23.5. The Bertz CT molecular complexity index is 515. The van der Waals surface area contributed by atoms with E-state index in [1.165, 1.54) is 0 Å². The van der Waals surface area contributed by atoms with Crippen LogP contribution in [0, 0.1) is 0 Å². The molecule has 0 radical (unpaired) electrons. The molecule has 2 rings (SSSR count). The maximum absolute atomic E-state index is 11.3. The molecule has 0 saturated carbocycles. The summed E-state index contributed by atoms with van der Waals surface area (Å²) in [5.41, 5.74) is 0. The predicted molar refractivity (Wildman–Crippen MR) is 80.0 cm³/mol. The fraction of sp³-hybridized carbons (Fsp3) is 0.800. The number of nitrogens with zero attached hydrogens (tertiary/aromatic N) is 3. The van der Waals surface area contributed by atoms with Gasteiger partial charge in [-0.3, -0.25) is 0 Å². The first-order valence-electron chi connectivity index (χ1n) is 6.04. The van der Waals surface area contributed by atoms with E-state index in [-0.39, 0.29) is 11.8 Å². The molecule has 1 aliphatic rings. The second kappa shape index (κ2) is 6.38. The Kier molecular flexibility index (Phi) is 5.04. The minimum absolute atomic E-state index is 0.123. The molecule has 1 saturated heterocycles. The number of sulfone groups is 1.